The minimum Gasteiger partial charge on any atom is -0.393 e. The molecule has 3 saturated carbocycles. The number of fused-ring (bicyclic) bond motifs is 1. The van der Waals surface area contributed by atoms with Gasteiger partial charge in [0.15, 0.2) is 0 Å². The van der Waals surface area contributed by atoms with E-state index in [1.54, 1.807) is 13.8 Å². The molecule has 0 aliphatic heterocycles. The molecular formula is C26H42F2O2. The predicted molar refractivity (Wildman–Crippen MR) is 118 cm³/mol. The largest absolute Gasteiger partial charge is 0.393 e. The summed E-state index contributed by atoms with van der Waals surface area (Å²) in [5, 5.41) is 19.9. The number of aliphatic hydroxyl groups is 2. The zero-order valence-electron chi connectivity index (χ0n) is 19.3. The smallest absolute Gasteiger partial charge is 0.250 e. The lowest BCUT2D eigenvalue weighted by Gasteiger charge is -2.44. The van der Waals surface area contributed by atoms with Crippen molar-refractivity contribution in [3.63, 3.8) is 0 Å². The van der Waals surface area contributed by atoms with E-state index in [-0.39, 0.29) is 11.8 Å². The second-order valence-electron chi connectivity index (χ2n) is 11.0. The average molecular weight is 425 g/mol. The minimum atomic E-state index is -2.56. The molecule has 0 aromatic rings. The third-order valence-corrected chi connectivity index (χ3v) is 8.58. The number of allylic oxidation sites excluding steroid dienone is 3. The van der Waals surface area contributed by atoms with Crippen LogP contribution in [0.25, 0.3) is 0 Å². The normalized spacial score (nSPS) is 39.0. The van der Waals surface area contributed by atoms with Crippen LogP contribution >= 0.6 is 0 Å². The molecule has 3 rings (SSSR count). The van der Waals surface area contributed by atoms with E-state index in [1.807, 2.05) is 0 Å². The lowest BCUT2D eigenvalue weighted by Crippen LogP contribution is -2.36. The van der Waals surface area contributed by atoms with Gasteiger partial charge < -0.3 is 10.2 Å². The molecule has 3 aliphatic rings. The number of alkyl halides is 2. The van der Waals surface area contributed by atoms with Gasteiger partial charge in [-0.25, -0.2) is 8.78 Å². The Hall–Kier alpha value is -0.740. The van der Waals surface area contributed by atoms with Crippen LogP contribution in [0.2, 0.25) is 0 Å². The number of halogens is 2. The van der Waals surface area contributed by atoms with E-state index >= 15 is 0 Å². The van der Waals surface area contributed by atoms with Crippen molar-refractivity contribution in [2.24, 2.45) is 29.1 Å². The van der Waals surface area contributed by atoms with E-state index in [4.69, 9.17) is 0 Å². The van der Waals surface area contributed by atoms with Crippen LogP contribution in [0.15, 0.2) is 23.3 Å². The zero-order chi connectivity index (χ0) is 22.1. The summed E-state index contributed by atoms with van der Waals surface area (Å²) in [7, 11) is 0. The predicted octanol–water partition coefficient (Wildman–Crippen LogP) is 6.67. The van der Waals surface area contributed by atoms with Crippen molar-refractivity contribution in [3.05, 3.63) is 23.3 Å². The molecule has 4 heteroatoms. The van der Waals surface area contributed by atoms with Gasteiger partial charge in [-0.05, 0) is 81.0 Å². The van der Waals surface area contributed by atoms with Gasteiger partial charge in [0.2, 0.25) is 5.92 Å². The Morgan fingerprint density at radius 3 is 2.40 bits per heavy atom. The molecule has 0 aromatic heterocycles. The number of rotatable bonds is 6. The maximum atomic E-state index is 14.2. The Morgan fingerprint density at radius 1 is 1.10 bits per heavy atom. The van der Waals surface area contributed by atoms with Gasteiger partial charge in [0, 0.05) is 12.3 Å². The van der Waals surface area contributed by atoms with Gasteiger partial charge in [0.25, 0.3) is 0 Å². The topological polar surface area (TPSA) is 40.5 Å². The molecule has 0 bridgehead atoms. The van der Waals surface area contributed by atoms with Crippen LogP contribution in [-0.4, -0.2) is 28.3 Å². The quantitative estimate of drug-likeness (QED) is 0.500. The average Bonchev–Trinajstić information content (AvgIpc) is 3.01. The van der Waals surface area contributed by atoms with Crippen LogP contribution in [0, 0.1) is 29.1 Å². The summed E-state index contributed by atoms with van der Waals surface area (Å²) in [5.74, 6) is -1.78. The first kappa shape index (κ1) is 23.9. The molecule has 3 fully saturated rings. The molecule has 0 saturated heterocycles. The van der Waals surface area contributed by atoms with Crippen molar-refractivity contribution < 1.29 is 19.0 Å². The minimum absolute atomic E-state index is 0.00251. The van der Waals surface area contributed by atoms with E-state index in [0.717, 1.165) is 24.8 Å². The molecular weight excluding hydrogens is 382 g/mol. The van der Waals surface area contributed by atoms with Crippen LogP contribution in [0.5, 0.6) is 0 Å². The highest BCUT2D eigenvalue weighted by molar-refractivity contribution is 5.26. The maximum absolute atomic E-state index is 14.2. The van der Waals surface area contributed by atoms with Gasteiger partial charge in [-0.2, -0.15) is 0 Å². The summed E-state index contributed by atoms with van der Waals surface area (Å²) in [4.78, 5) is 0. The number of hydrogen-bond donors (Lipinski definition) is 2. The van der Waals surface area contributed by atoms with Crippen molar-refractivity contribution >= 4 is 0 Å². The zero-order valence-corrected chi connectivity index (χ0v) is 19.3. The molecule has 3 aliphatic carbocycles. The lowest BCUT2D eigenvalue weighted by molar-refractivity contribution is -0.0600. The van der Waals surface area contributed by atoms with E-state index in [1.165, 1.54) is 18.4 Å². The van der Waals surface area contributed by atoms with Crippen LogP contribution in [-0.2, 0) is 0 Å². The van der Waals surface area contributed by atoms with E-state index in [9.17, 15) is 19.0 Å². The summed E-state index contributed by atoms with van der Waals surface area (Å²) in [6, 6.07) is 0. The molecule has 0 aromatic carbocycles. The van der Waals surface area contributed by atoms with Crippen molar-refractivity contribution in [1.82, 2.24) is 0 Å². The third-order valence-electron chi connectivity index (χ3n) is 8.58. The second kappa shape index (κ2) is 9.40. The van der Waals surface area contributed by atoms with Gasteiger partial charge in [0.05, 0.1) is 12.2 Å². The number of aliphatic hydroxyl groups excluding tert-OH is 2. The van der Waals surface area contributed by atoms with Gasteiger partial charge >= 0.3 is 0 Å². The Labute approximate surface area is 181 Å². The molecule has 2 N–H and O–H groups in total. The maximum Gasteiger partial charge on any atom is 0.250 e. The van der Waals surface area contributed by atoms with Crippen molar-refractivity contribution in [2.45, 2.75) is 110 Å². The van der Waals surface area contributed by atoms with Gasteiger partial charge in [-0.3, -0.25) is 0 Å². The third kappa shape index (κ3) is 5.18. The summed E-state index contributed by atoms with van der Waals surface area (Å²) in [6.45, 7) is 7.84. The van der Waals surface area contributed by atoms with Crippen LogP contribution < -0.4 is 0 Å². The molecule has 2 nitrogen and oxygen atoms in total. The highest BCUT2D eigenvalue weighted by Crippen LogP contribution is 2.60. The standard InChI is InChI=1S/C26H42F2O2/c1-17(2)26(27,28)13-11-18(3)23-9-10-24-20(6-5-12-25(23,24)4)8-7-19-14-21(29)16-22(30)15-19/h7-8,17-18,21-24,29-30H,5-6,9-16H2,1-4H3/b19-7-,20-8+/t18-,21-,22?,23-,24?,25-/m1/s1. The summed E-state index contributed by atoms with van der Waals surface area (Å²) in [5.41, 5.74) is 2.84. The monoisotopic (exact) mass is 424 g/mol. The van der Waals surface area contributed by atoms with Gasteiger partial charge in [0.1, 0.15) is 0 Å². The number of hydrogen-bond acceptors (Lipinski definition) is 2. The first-order valence-electron chi connectivity index (χ1n) is 12.2. The first-order valence-corrected chi connectivity index (χ1v) is 12.2. The van der Waals surface area contributed by atoms with E-state index in [0.29, 0.717) is 43.4 Å². The van der Waals surface area contributed by atoms with E-state index < -0.39 is 24.0 Å². The van der Waals surface area contributed by atoms with Crippen LogP contribution in [0.1, 0.15) is 91.9 Å². The molecule has 0 heterocycles. The molecule has 6 atom stereocenters. The Kier molecular flexibility index (Phi) is 7.49. The molecule has 172 valence electrons. The highest BCUT2D eigenvalue weighted by Gasteiger charge is 2.50. The van der Waals surface area contributed by atoms with Crippen molar-refractivity contribution in [3.8, 4) is 0 Å². The molecule has 0 radical (unpaired) electrons. The summed E-state index contributed by atoms with van der Waals surface area (Å²) < 4.78 is 28.3. The SMILES string of the molecule is CC(C)C(F)(F)CC[C@@H](C)[C@H]1CCC2/C(=C/C=C3\CC(O)C[C@H](O)C3)CCC[C@@]21C. The van der Waals surface area contributed by atoms with Gasteiger partial charge in [-0.15, -0.1) is 0 Å². The molecule has 2 unspecified atom stereocenters. The van der Waals surface area contributed by atoms with Gasteiger partial charge in [-0.1, -0.05) is 51.0 Å². The molecule has 0 spiro atoms. The lowest BCUT2D eigenvalue weighted by atomic mass is 9.60. The van der Waals surface area contributed by atoms with Crippen molar-refractivity contribution in [2.75, 3.05) is 0 Å². The molecule has 0 amide bonds. The van der Waals surface area contributed by atoms with Crippen LogP contribution in [0.3, 0.4) is 0 Å². The van der Waals surface area contributed by atoms with Crippen LogP contribution in [0.4, 0.5) is 8.78 Å². The fraction of sp³-hybridized carbons (Fsp3) is 0.846. The van der Waals surface area contributed by atoms with E-state index in [2.05, 4.69) is 26.0 Å². The Bertz CT molecular complexity index is 641. The Balaban J connectivity index is 1.69. The first-order chi connectivity index (χ1) is 14.0. The van der Waals surface area contributed by atoms with Crippen molar-refractivity contribution in [1.29, 1.82) is 0 Å². The fourth-order valence-corrected chi connectivity index (χ4v) is 6.65. The summed E-state index contributed by atoms with van der Waals surface area (Å²) in [6.07, 6.45) is 11.7. The fourth-order valence-electron chi connectivity index (χ4n) is 6.65. The molecule has 30 heavy (non-hydrogen) atoms. The summed E-state index contributed by atoms with van der Waals surface area (Å²) >= 11 is 0. The highest BCUT2D eigenvalue weighted by atomic mass is 19.3. The Morgan fingerprint density at radius 2 is 1.77 bits per heavy atom. The second-order valence-corrected chi connectivity index (χ2v) is 11.0.